The molecule has 2 N–H and O–H groups in total. The van der Waals surface area contributed by atoms with Gasteiger partial charge >= 0.3 is 0 Å². The van der Waals surface area contributed by atoms with E-state index in [0.717, 1.165) is 0 Å². The summed E-state index contributed by atoms with van der Waals surface area (Å²) in [4.78, 5) is 0. The van der Waals surface area contributed by atoms with Gasteiger partial charge in [0, 0.05) is 0 Å². The van der Waals surface area contributed by atoms with Crippen LogP contribution in [0.3, 0.4) is 0 Å². The Morgan fingerprint density at radius 3 is 1.25 bits per heavy atom. The smallest absolute Gasteiger partial charge is 0.0541 e. The van der Waals surface area contributed by atoms with Gasteiger partial charge in [-0.15, -0.1) is 0 Å². The minimum Gasteiger partial charge on any atom is -0.301 e. The van der Waals surface area contributed by atoms with Crippen LogP contribution in [0, 0.1) is 10.8 Å². The van der Waals surface area contributed by atoms with Crippen LogP contribution in [0.1, 0.15) is 0 Å². The lowest BCUT2D eigenvalue weighted by Gasteiger charge is -1.93. The Kier molecular flexibility index (Phi) is 1.08. The van der Waals surface area contributed by atoms with Gasteiger partial charge in [-0.1, -0.05) is 0 Å². The van der Waals surface area contributed by atoms with Crippen LogP contribution in [0.4, 0.5) is 0 Å². The Morgan fingerprint density at radius 1 is 0.750 bits per heavy atom. The highest BCUT2D eigenvalue weighted by Gasteiger charge is 1.91. The Bertz CT molecular complexity index is 149. The van der Waals surface area contributed by atoms with Crippen molar-refractivity contribution in [3.05, 3.63) is 24.3 Å². The van der Waals surface area contributed by atoms with Crippen molar-refractivity contribution in [2.75, 3.05) is 0 Å². The first-order valence-corrected chi connectivity index (χ1v) is 2.32. The third kappa shape index (κ3) is 0.904. The standard InChI is InChI=1S/C6H6N2/c7-5-1-2-6(8)4-3-5/h1-4,7-8H. The van der Waals surface area contributed by atoms with Gasteiger partial charge in [0.05, 0.1) is 11.4 Å². The van der Waals surface area contributed by atoms with Crippen LogP contribution in [-0.2, 0) is 0 Å². The maximum atomic E-state index is 7.01. The SMILES string of the molecule is N=C1C=CC(=N)C=C1. The lowest BCUT2D eigenvalue weighted by molar-refractivity contribution is 1.50. The molecule has 40 valence electrons. The molecule has 0 aliphatic heterocycles. The summed E-state index contributed by atoms with van der Waals surface area (Å²) in [5.41, 5.74) is 0.919. The van der Waals surface area contributed by atoms with Crippen molar-refractivity contribution < 1.29 is 0 Å². The van der Waals surface area contributed by atoms with E-state index >= 15 is 0 Å². The minimum absolute atomic E-state index is 0.459. The summed E-state index contributed by atoms with van der Waals surface area (Å²) in [7, 11) is 0. The quantitative estimate of drug-likeness (QED) is 0.435. The zero-order valence-corrected chi connectivity index (χ0v) is 4.31. The van der Waals surface area contributed by atoms with Crippen LogP contribution in [-0.4, -0.2) is 11.4 Å². The molecule has 0 heterocycles. The molecule has 1 aliphatic carbocycles. The first kappa shape index (κ1) is 4.97. The normalized spacial score (nSPS) is 17.5. The van der Waals surface area contributed by atoms with Crippen LogP contribution < -0.4 is 0 Å². The Balaban J connectivity index is 2.83. The molecule has 0 aromatic heterocycles. The van der Waals surface area contributed by atoms with E-state index in [9.17, 15) is 0 Å². The average molecular weight is 106 g/mol. The molecule has 2 heteroatoms. The van der Waals surface area contributed by atoms with Gasteiger partial charge in [-0.25, -0.2) is 0 Å². The summed E-state index contributed by atoms with van der Waals surface area (Å²) < 4.78 is 0. The molecule has 0 saturated carbocycles. The second-order valence-electron chi connectivity index (χ2n) is 1.58. The summed E-state index contributed by atoms with van der Waals surface area (Å²) >= 11 is 0. The van der Waals surface area contributed by atoms with Gasteiger partial charge in [0.25, 0.3) is 0 Å². The first-order chi connectivity index (χ1) is 3.79. The molecule has 0 unspecified atom stereocenters. The highest BCUT2D eigenvalue weighted by Crippen LogP contribution is 1.91. The molecule has 0 bridgehead atoms. The first-order valence-electron chi connectivity index (χ1n) is 2.32. The van der Waals surface area contributed by atoms with Gasteiger partial charge in [-0.2, -0.15) is 0 Å². The van der Waals surface area contributed by atoms with Crippen LogP contribution >= 0.6 is 0 Å². The number of hydrogen-bond donors (Lipinski definition) is 2. The summed E-state index contributed by atoms with van der Waals surface area (Å²) in [6.45, 7) is 0. The summed E-state index contributed by atoms with van der Waals surface area (Å²) in [5, 5.41) is 14.0. The van der Waals surface area contributed by atoms with Gasteiger partial charge in [0.2, 0.25) is 0 Å². The van der Waals surface area contributed by atoms with Gasteiger partial charge in [-0.3, -0.25) is 0 Å². The lowest BCUT2D eigenvalue weighted by Crippen LogP contribution is -1.95. The molecule has 8 heavy (non-hydrogen) atoms. The molecule has 1 rings (SSSR count). The highest BCUT2D eigenvalue weighted by molar-refractivity contribution is 6.16. The summed E-state index contributed by atoms with van der Waals surface area (Å²) in [5.74, 6) is 0. The second-order valence-corrected chi connectivity index (χ2v) is 1.58. The number of nitrogens with one attached hydrogen (secondary N) is 2. The van der Waals surface area contributed by atoms with Crippen molar-refractivity contribution in [3.63, 3.8) is 0 Å². The lowest BCUT2D eigenvalue weighted by atomic mass is 10.2. The topological polar surface area (TPSA) is 47.7 Å². The fourth-order valence-electron chi connectivity index (χ4n) is 0.470. The molecule has 0 radical (unpaired) electrons. The number of rotatable bonds is 0. The van der Waals surface area contributed by atoms with E-state index in [4.69, 9.17) is 10.8 Å². The van der Waals surface area contributed by atoms with Gasteiger partial charge in [0.15, 0.2) is 0 Å². The molecule has 1 aliphatic rings. The van der Waals surface area contributed by atoms with Crippen LogP contribution in [0.5, 0.6) is 0 Å². The molecule has 0 fully saturated rings. The molecule has 0 saturated heterocycles. The molecule has 0 atom stereocenters. The molecular weight excluding hydrogens is 100 g/mol. The van der Waals surface area contributed by atoms with E-state index in [1.54, 1.807) is 24.3 Å². The van der Waals surface area contributed by atoms with E-state index in [-0.39, 0.29) is 0 Å². The van der Waals surface area contributed by atoms with Crippen molar-refractivity contribution in [2.24, 2.45) is 0 Å². The van der Waals surface area contributed by atoms with Crippen LogP contribution in [0.25, 0.3) is 0 Å². The highest BCUT2D eigenvalue weighted by atomic mass is 14.4. The predicted molar refractivity (Wildman–Crippen MR) is 33.7 cm³/mol. The monoisotopic (exact) mass is 106 g/mol. The van der Waals surface area contributed by atoms with Crippen molar-refractivity contribution in [3.8, 4) is 0 Å². The van der Waals surface area contributed by atoms with Gasteiger partial charge < -0.3 is 10.8 Å². The maximum absolute atomic E-state index is 7.01. The number of allylic oxidation sites excluding steroid dienone is 4. The van der Waals surface area contributed by atoms with Gasteiger partial charge in [0.1, 0.15) is 0 Å². The Morgan fingerprint density at radius 2 is 1.00 bits per heavy atom. The maximum Gasteiger partial charge on any atom is 0.0541 e. The van der Waals surface area contributed by atoms with E-state index in [2.05, 4.69) is 0 Å². The zero-order valence-electron chi connectivity index (χ0n) is 4.31. The van der Waals surface area contributed by atoms with Gasteiger partial charge in [-0.05, 0) is 24.3 Å². The van der Waals surface area contributed by atoms with Crippen molar-refractivity contribution in [2.45, 2.75) is 0 Å². The fourth-order valence-corrected chi connectivity index (χ4v) is 0.470. The predicted octanol–water partition coefficient (Wildman–Crippen LogP) is 1.15. The Labute approximate surface area is 47.5 Å². The third-order valence-electron chi connectivity index (χ3n) is 0.885. The van der Waals surface area contributed by atoms with Crippen LogP contribution in [0.15, 0.2) is 24.3 Å². The van der Waals surface area contributed by atoms with Crippen LogP contribution in [0.2, 0.25) is 0 Å². The molecule has 2 nitrogen and oxygen atoms in total. The molecule has 0 aromatic rings. The average Bonchev–Trinajstić information content (AvgIpc) is 1.77. The van der Waals surface area contributed by atoms with Crippen molar-refractivity contribution in [1.82, 2.24) is 0 Å². The van der Waals surface area contributed by atoms with E-state index in [0.29, 0.717) is 11.4 Å². The minimum atomic E-state index is 0.459. The summed E-state index contributed by atoms with van der Waals surface area (Å²) in [6, 6.07) is 0. The molecule has 0 amide bonds. The fraction of sp³-hybridized carbons (Fsp3) is 0. The molecule has 0 aromatic carbocycles. The third-order valence-corrected chi connectivity index (χ3v) is 0.885. The zero-order chi connectivity index (χ0) is 5.98. The molecule has 0 spiro atoms. The summed E-state index contributed by atoms with van der Waals surface area (Å²) in [6.07, 6.45) is 6.40. The van der Waals surface area contributed by atoms with Crippen molar-refractivity contribution >= 4 is 11.4 Å². The number of hydrogen-bond acceptors (Lipinski definition) is 2. The largest absolute Gasteiger partial charge is 0.301 e. The van der Waals surface area contributed by atoms with E-state index < -0.39 is 0 Å². The van der Waals surface area contributed by atoms with Crippen molar-refractivity contribution in [1.29, 1.82) is 10.8 Å². The second kappa shape index (κ2) is 1.74. The van der Waals surface area contributed by atoms with E-state index in [1.807, 2.05) is 0 Å². The molecular formula is C6H6N2. The Hall–Kier alpha value is -1.18. The van der Waals surface area contributed by atoms with E-state index in [1.165, 1.54) is 0 Å².